The van der Waals surface area contributed by atoms with Crippen molar-refractivity contribution in [3.8, 4) is 0 Å². The zero-order chi connectivity index (χ0) is 10.6. The Morgan fingerprint density at radius 3 is 2.79 bits per heavy atom. The highest BCUT2D eigenvalue weighted by atomic mass is 16.2. The molecule has 0 aromatic carbocycles. The predicted octanol–water partition coefficient (Wildman–Crippen LogP) is -0.312. The summed E-state index contributed by atoms with van der Waals surface area (Å²) in [4.78, 5) is 34.7. The first kappa shape index (κ1) is 10.4. The maximum absolute atomic E-state index is 11.2. The lowest BCUT2D eigenvalue weighted by Crippen LogP contribution is -2.31. The molecule has 0 saturated heterocycles. The summed E-state index contributed by atoms with van der Waals surface area (Å²) in [6, 6.07) is 0. The van der Waals surface area contributed by atoms with Crippen LogP contribution in [0, 0.1) is 0 Å². The molecule has 0 aliphatic carbocycles. The van der Waals surface area contributed by atoms with E-state index in [1.54, 1.807) is 0 Å². The number of rotatable bonds is 4. The lowest BCUT2D eigenvalue weighted by atomic mass is 10.2. The molecule has 0 unspecified atom stereocenters. The summed E-state index contributed by atoms with van der Waals surface area (Å²) >= 11 is 0. The molecule has 1 aromatic heterocycles. The summed E-state index contributed by atoms with van der Waals surface area (Å²) < 4.78 is 1.34. The minimum Gasteiger partial charge on any atom is -0.303 e. The number of aromatic nitrogens is 2. The number of nitrogens with zero attached hydrogens (tertiary/aromatic N) is 1. The largest absolute Gasteiger partial charge is 0.328 e. The molecule has 1 aromatic rings. The van der Waals surface area contributed by atoms with Crippen molar-refractivity contribution in [3.63, 3.8) is 0 Å². The van der Waals surface area contributed by atoms with Crippen LogP contribution >= 0.6 is 0 Å². The van der Waals surface area contributed by atoms with Crippen molar-refractivity contribution in [3.05, 3.63) is 32.6 Å². The van der Waals surface area contributed by atoms with Crippen molar-refractivity contribution < 1.29 is 4.79 Å². The first-order valence-electron chi connectivity index (χ1n) is 4.45. The first-order chi connectivity index (χ1) is 6.69. The van der Waals surface area contributed by atoms with Gasteiger partial charge in [-0.1, -0.05) is 6.92 Å². The van der Waals surface area contributed by atoms with Crippen LogP contribution in [0.1, 0.15) is 18.9 Å². The van der Waals surface area contributed by atoms with Gasteiger partial charge < -0.3 is 4.79 Å². The fraction of sp³-hybridized carbons (Fsp3) is 0.444. The number of nitrogens with one attached hydrogen (secondary N) is 1. The Labute approximate surface area is 80.4 Å². The summed E-state index contributed by atoms with van der Waals surface area (Å²) in [5, 5.41) is 0. The van der Waals surface area contributed by atoms with E-state index < -0.39 is 5.69 Å². The van der Waals surface area contributed by atoms with Gasteiger partial charge in [0.2, 0.25) is 0 Å². The van der Waals surface area contributed by atoms with E-state index in [1.165, 1.54) is 10.8 Å². The zero-order valence-corrected chi connectivity index (χ0v) is 7.95. The van der Waals surface area contributed by atoms with E-state index in [0.29, 0.717) is 18.5 Å². The zero-order valence-electron chi connectivity index (χ0n) is 7.95. The third-order valence-corrected chi connectivity index (χ3v) is 1.95. The van der Waals surface area contributed by atoms with Crippen molar-refractivity contribution in [2.45, 2.75) is 26.3 Å². The van der Waals surface area contributed by atoms with E-state index in [9.17, 15) is 14.4 Å². The lowest BCUT2D eigenvalue weighted by Gasteiger charge is -2.03. The number of hydrogen-bond donors (Lipinski definition) is 1. The Morgan fingerprint density at radius 1 is 1.50 bits per heavy atom. The van der Waals surface area contributed by atoms with E-state index in [2.05, 4.69) is 4.98 Å². The molecule has 0 atom stereocenters. The first-order valence-corrected chi connectivity index (χ1v) is 4.45. The lowest BCUT2D eigenvalue weighted by molar-refractivity contribution is -0.108. The smallest absolute Gasteiger partial charge is 0.303 e. The molecular weight excluding hydrogens is 184 g/mol. The Balaban J connectivity index is 3.11. The summed E-state index contributed by atoms with van der Waals surface area (Å²) in [6.45, 7) is 2.14. The average molecular weight is 196 g/mol. The minimum absolute atomic E-state index is 0.273. The van der Waals surface area contributed by atoms with Crippen LogP contribution in [-0.4, -0.2) is 15.8 Å². The quantitative estimate of drug-likeness (QED) is 0.671. The van der Waals surface area contributed by atoms with Crippen LogP contribution in [0.4, 0.5) is 0 Å². The molecule has 5 heteroatoms. The van der Waals surface area contributed by atoms with Gasteiger partial charge in [-0.25, -0.2) is 4.79 Å². The van der Waals surface area contributed by atoms with Gasteiger partial charge in [-0.2, -0.15) is 0 Å². The molecule has 0 radical (unpaired) electrons. The molecule has 0 fully saturated rings. The topological polar surface area (TPSA) is 71.9 Å². The van der Waals surface area contributed by atoms with Crippen molar-refractivity contribution in [1.82, 2.24) is 9.55 Å². The number of H-pyrrole nitrogens is 1. The van der Waals surface area contributed by atoms with Gasteiger partial charge in [0.15, 0.2) is 0 Å². The van der Waals surface area contributed by atoms with Gasteiger partial charge in [0.1, 0.15) is 6.29 Å². The van der Waals surface area contributed by atoms with Gasteiger partial charge in [0.25, 0.3) is 5.56 Å². The molecule has 14 heavy (non-hydrogen) atoms. The second kappa shape index (κ2) is 4.55. The summed E-state index contributed by atoms with van der Waals surface area (Å²) in [5.74, 6) is 0. The Hall–Kier alpha value is -1.65. The second-order valence-electron chi connectivity index (χ2n) is 2.92. The number of carbonyl (C=O) groups is 1. The molecule has 0 saturated carbocycles. The molecule has 1 heterocycles. The van der Waals surface area contributed by atoms with Crippen LogP contribution in [0.5, 0.6) is 0 Å². The van der Waals surface area contributed by atoms with Gasteiger partial charge in [-0.05, 0) is 6.42 Å². The molecule has 1 rings (SSSR count). The van der Waals surface area contributed by atoms with Gasteiger partial charge in [0.05, 0.1) is 0 Å². The van der Waals surface area contributed by atoms with Crippen LogP contribution in [0.25, 0.3) is 0 Å². The number of aldehydes is 1. The van der Waals surface area contributed by atoms with Crippen LogP contribution in [0.15, 0.2) is 15.8 Å². The third kappa shape index (κ3) is 2.18. The molecule has 0 spiro atoms. The Kier molecular flexibility index (Phi) is 3.39. The van der Waals surface area contributed by atoms with Gasteiger partial charge in [-0.3, -0.25) is 14.3 Å². The minimum atomic E-state index is -0.464. The van der Waals surface area contributed by atoms with Crippen molar-refractivity contribution >= 4 is 6.29 Å². The highest BCUT2D eigenvalue weighted by Gasteiger charge is 2.01. The number of aryl methyl sites for hydroxylation is 2. The molecule has 0 aliphatic rings. The molecular formula is C9H12N2O3. The van der Waals surface area contributed by atoms with Gasteiger partial charge >= 0.3 is 5.69 Å². The summed E-state index contributed by atoms with van der Waals surface area (Å²) in [7, 11) is 0. The van der Waals surface area contributed by atoms with Crippen molar-refractivity contribution in [2.75, 3.05) is 0 Å². The Bertz CT molecular complexity index is 430. The van der Waals surface area contributed by atoms with Crippen LogP contribution in [-0.2, 0) is 17.8 Å². The predicted molar refractivity (Wildman–Crippen MR) is 51.4 cm³/mol. The van der Waals surface area contributed by atoms with Crippen LogP contribution in [0.2, 0.25) is 0 Å². The van der Waals surface area contributed by atoms with Crippen molar-refractivity contribution in [2.24, 2.45) is 0 Å². The maximum Gasteiger partial charge on any atom is 0.328 e. The van der Waals surface area contributed by atoms with E-state index in [4.69, 9.17) is 0 Å². The number of carbonyl (C=O) groups excluding carboxylic acids is 1. The summed E-state index contributed by atoms with van der Waals surface area (Å²) in [5.41, 5.74) is -0.260. The average Bonchev–Trinajstić information content (AvgIpc) is 2.17. The van der Waals surface area contributed by atoms with E-state index in [1.807, 2.05) is 6.92 Å². The molecule has 5 nitrogen and oxygen atoms in total. The SMILES string of the molecule is CCc1cn(CCC=O)c(=O)[nH]c1=O. The molecule has 76 valence electrons. The van der Waals surface area contributed by atoms with Crippen LogP contribution < -0.4 is 11.2 Å². The highest BCUT2D eigenvalue weighted by molar-refractivity contribution is 5.48. The molecule has 0 aliphatic heterocycles. The molecule has 0 bridgehead atoms. The maximum atomic E-state index is 11.2. The Morgan fingerprint density at radius 2 is 2.21 bits per heavy atom. The van der Waals surface area contributed by atoms with Crippen molar-refractivity contribution in [1.29, 1.82) is 0 Å². The normalized spacial score (nSPS) is 10.1. The fourth-order valence-corrected chi connectivity index (χ4v) is 1.16. The van der Waals surface area contributed by atoms with E-state index in [-0.39, 0.29) is 12.0 Å². The highest BCUT2D eigenvalue weighted by Crippen LogP contribution is 1.89. The monoisotopic (exact) mass is 196 g/mol. The number of aromatic amines is 1. The molecule has 0 amide bonds. The summed E-state index contributed by atoms with van der Waals surface area (Å²) in [6.07, 6.45) is 3.08. The van der Waals surface area contributed by atoms with E-state index >= 15 is 0 Å². The second-order valence-corrected chi connectivity index (χ2v) is 2.92. The third-order valence-electron chi connectivity index (χ3n) is 1.95. The van der Waals surface area contributed by atoms with Gasteiger partial charge in [-0.15, -0.1) is 0 Å². The van der Waals surface area contributed by atoms with Gasteiger partial charge in [0, 0.05) is 24.7 Å². The van der Waals surface area contributed by atoms with Crippen LogP contribution in [0.3, 0.4) is 0 Å². The standard InChI is InChI=1S/C9H12N2O3/c1-2-7-6-11(4-3-5-12)9(14)10-8(7)13/h5-6H,2-4H2,1H3,(H,10,13,14). The van der Waals surface area contributed by atoms with E-state index in [0.717, 1.165) is 6.29 Å². The molecule has 1 N–H and O–H groups in total. The number of hydrogen-bond acceptors (Lipinski definition) is 3. The fourth-order valence-electron chi connectivity index (χ4n) is 1.16.